The van der Waals surface area contributed by atoms with Gasteiger partial charge < -0.3 is 19.9 Å². The molecule has 1 saturated carbocycles. The van der Waals surface area contributed by atoms with Gasteiger partial charge in [0, 0.05) is 17.9 Å². The van der Waals surface area contributed by atoms with Crippen molar-refractivity contribution >= 4 is 5.91 Å². The number of benzene rings is 1. The Kier molecular flexibility index (Phi) is 6.75. The van der Waals surface area contributed by atoms with Crippen molar-refractivity contribution < 1.29 is 19.4 Å². The number of aromatic hydroxyl groups is 1. The Morgan fingerprint density at radius 3 is 2.55 bits per heavy atom. The number of rotatable bonds is 7. The van der Waals surface area contributed by atoms with E-state index < -0.39 is 22.6 Å². The first-order valence-corrected chi connectivity index (χ1v) is 10.2. The van der Waals surface area contributed by atoms with Crippen molar-refractivity contribution in [1.29, 1.82) is 0 Å². The van der Waals surface area contributed by atoms with E-state index in [1.165, 1.54) is 6.07 Å². The first kappa shape index (κ1) is 21.1. The fourth-order valence-electron chi connectivity index (χ4n) is 4.32. The quantitative estimate of drug-likeness (QED) is 0.665. The molecule has 1 fully saturated rings. The molecule has 0 spiro atoms. The minimum atomic E-state index is -0.704. The molecule has 2 aromatic rings. The molecule has 0 unspecified atom stereocenters. The molecule has 1 heterocycles. The zero-order chi connectivity index (χ0) is 20.9. The van der Waals surface area contributed by atoms with Crippen molar-refractivity contribution in [3.05, 3.63) is 63.7 Å². The number of aliphatic hydroxyl groups excluding tert-OH is 1. The maximum atomic E-state index is 12.9. The predicted molar refractivity (Wildman–Crippen MR) is 110 cm³/mol. The first-order valence-electron chi connectivity index (χ1n) is 10.2. The third-order valence-electron chi connectivity index (χ3n) is 5.75. The van der Waals surface area contributed by atoms with Crippen LogP contribution in [0.5, 0.6) is 5.75 Å². The average Bonchev–Trinajstić information content (AvgIpc) is 2.71. The van der Waals surface area contributed by atoms with Crippen molar-refractivity contribution in [2.24, 2.45) is 0 Å². The van der Waals surface area contributed by atoms with Gasteiger partial charge in [0.1, 0.15) is 5.76 Å². The largest absolute Gasteiger partial charge is 0.502 e. The second-order valence-corrected chi connectivity index (χ2v) is 8.05. The Morgan fingerprint density at radius 2 is 1.90 bits per heavy atom. The standard InChI is InChI=1S/C23H29NO5/c1-16-12-19(26)21(28)22(29-16)23(10-6-3-7-11-23)14-20(27)24-18(15-25)13-17-8-4-2-5-9-17/h2,4-5,8-9,12,18,25,28H,3,6-7,10-11,13-15H2,1H3,(H,24,27)/t18-/m1/s1. The van der Waals surface area contributed by atoms with Gasteiger partial charge in [0.15, 0.2) is 5.76 Å². The Labute approximate surface area is 170 Å². The second-order valence-electron chi connectivity index (χ2n) is 8.05. The maximum Gasteiger partial charge on any atom is 0.227 e. The summed E-state index contributed by atoms with van der Waals surface area (Å²) in [6.07, 6.45) is 4.83. The van der Waals surface area contributed by atoms with Gasteiger partial charge in [0.2, 0.25) is 17.1 Å². The summed E-state index contributed by atoms with van der Waals surface area (Å²) < 4.78 is 5.78. The summed E-state index contributed by atoms with van der Waals surface area (Å²) in [5, 5.41) is 23.0. The van der Waals surface area contributed by atoms with Gasteiger partial charge in [-0.25, -0.2) is 0 Å². The van der Waals surface area contributed by atoms with Gasteiger partial charge >= 0.3 is 0 Å². The lowest BCUT2D eigenvalue weighted by atomic mass is 9.69. The van der Waals surface area contributed by atoms with Crippen LogP contribution in [0.3, 0.4) is 0 Å². The Bertz CT molecular complexity index is 884. The highest BCUT2D eigenvalue weighted by molar-refractivity contribution is 5.78. The van der Waals surface area contributed by atoms with Gasteiger partial charge in [0.05, 0.1) is 12.6 Å². The van der Waals surface area contributed by atoms with Crippen LogP contribution in [0.4, 0.5) is 0 Å². The summed E-state index contributed by atoms with van der Waals surface area (Å²) in [6, 6.07) is 10.5. The minimum absolute atomic E-state index is 0.109. The molecule has 1 amide bonds. The molecule has 0 aliphatic heterocycles. The summed E-state index contributed by atoms with van der Waals surface area (Å²) in [6.45, 7) is 1.50. The smallest absolute Gasteiger partial charge is 0.227 e. The van der Waals surface area contributed by atoms with E-state index in [2.05, 4.69) is 5.32 Å². The van der Waals surface area contributed by atoms with Crippen LogP contribution < -0.4 is 10.7 Å². The van der Waals surface area contributed by atoms with Gasteiger partial charge in [-0.05, 0) is 31.7 Å². The maximum absolute atomic E-state index is 12.9. The number of nitrogens with one attached hydrogen (secondary N) is 1. The second kappa shape index (κ2) is 9.27. The number of aryl methyl sites for hydroxylation is 1. The highest BCUT2D eigenvalue weighted by Crippen LogP contribution is 2.44. The first-order chi connectivity index (χ1) is 13.9. The lowest BCUT2D eigenvalue weighted by molar-refractivity contribution is -0.124. The van der Waals surface area contributed by atoms with E-state index in [0.29, 0.717) is 25.0 Å². The molecular weight excluding hydrogens is 370 g/mol. The lowest BCUT2D eigenvalue weighted by Crippen LogP contribution is -2.43. The Morgan fingerprint density at radius 1 is 1.21 bits per heavy atom. The molecule has 0 radical (unpaired) electrons. The van der Waals surface area contributed by atoms with Crippen LogP contribution in [-0.2, 0) is 16.6 Å². The van der Waals surface area contributed by atoms with Crippen LogP contribution in [0.25, 0.3) is 0 Å². The van der Waals surface area contributed by atoms with E-state index in [9.17, 15) is 19.8 Å². The topological polar surface area (TPSA) is 99.8 Å². The van der Waals surface area contributed by atoms with Crippen molar-refractivity contribution in [3.8, 4) is 5.75 Å². The van der Waals surface area contributed by atoms with E-state index in [1.807, 2.05) is 30.3 Å². The van der Waals surface area contributed by atoms with Crippen molar-refractivity contribution in [1.82, 2.24) is 5.32 Å². The number of hydrogen-bond donors (Lipinski definition) is 3. The van der Waals surface area contributed by atoms with Crippen LogP contribution in [0.2, 0.25) is 0 Å². The molecule has 1 aliphatic rings. The molecule has 1 aromatic carbocycles. The van der Waals surface area contributed by atoms with E-state index >= 15 is 0 Å². The molecule has 156 valence electrons. The van der Waals surface area contributed by atoms with Crippen molar-refractivity contribution in [3.63, 3.8) is 0 Å². The van der Waals surface area contributed by atoms with E-state index in [0.717, 1.165) is 24.8 Å². The highest BCUT2D eigenvalue weighted by atomic mass is 16.4. The normalized spacial score (nSPS) is 16.9. The number of aliphatic hydroxyl groups is 1. The summed E-state index contributed by atoms with van der Waals surface area (Å²) in [5.41, 5.74) is -0.155. The third kappa shape index (κ3) is 5.07. The van der Waals surface area contributed by atoms with E-state index in [1.54, 1.807) is 6.92 Å². The van der Waals surface area contributed by atoms with Crippen LogP contribution in [0.1, 0.15) is 55.6 Å². The van der Waals surface area contributed by atoms with Gasteiger partial charge in [-0.15, -0.1) is 0 Å². The third-order valence-corrected chi connectivity index (χ3v) is 5.75. The summed E-state index contributed by atoms with van der Waals surface area (Å²) >= 11 is 0. The molecule has 0 saturated heterocycles. The fraction of sp³-hybridized carbons (Fsp3) is 0.478. The lowest BCUT2D eigenvalue weighted by Gasteiger charge is -2.36. The SMILES string of the molecule is Cc1cc(=O)c(O)c(C2(CC(=O)N[C@@H](CO)Cc3ccccc3)CCCCC2)o1. The van der Waals surface area contributed by atoms with Crippen LogP contribution >= 0.6 is 0 Å². The van der Waals surface area contributed by atoms with Crippen LogP contribution in [0, 0.1) is 6.92 Å². The van der Waals surface area contributed by atoms with Gasteiger partial charge in [-0.1, -0.05) is 49.6 Å². The number of carbonyl (C=O) groups is 1. The zero-order valence-corrected chi connectivity index (χ0v) is 16.8. The molecule has 29 heavy (non-hydrogen) atoms. The monoisotopic (exact) mass is 399 g/mol. The van der Waals surface area contributed by atoms with E-state index in [4.69, 9.17) is 4.42 Å². The molecule has 0 bridgehead atoms. The van der Waals surface area contributed by atoms with Gasteiger partial charge in [0.25, 0.3) is 0 Å². The average molecular weight is 399 g/mol. The van der Waals surface area contributed by atoms with Gasteiger partial charge in [-0.3, -0.25) is 9.59 Å². The van der Waals surface area contributed by atoms with Crippen LogP contribution in [-0.4, -0.2) is 28.8 Å². The van der Waals surface area contributed by atoms with Crippen LogP contribution in [0.15, 0.2) is 45.6 Å². The van der Waals surface area contributed by atoms with Crippen molar-refractivity contribution in [2.75, 3.05) is 6.61 Å². The molecular formula is C23H29NO5. The van der Waals surface area contributed by atoms with Gasteiger partial charge in [-0.2, -0.15) is 0 Å². The minimum Gasteiger partial charge on any atom is -0.502 e. The Hall–Kier alpha value is -2.60. The number of carbonyl (C=O) groups excluding carboxylic acids is 1. The van der Waals surface area contributed by atoms with Crippen molar-refractivity contribution in [2.45, 2.75) is 63.3 Å². The molecule has 3 N–H and O–H groups in total. The summed E-state index contributed by atoms with van der Waals surface area (Å²) in [4.78, 5) is 25.0. The molecule has 3 rings (SSSR count). The molecule has 6 heteroatoms. The zero-order valence-electron chi connectivity index (χ0n) is 16.8. The number of amides is 1. The molecule has 1 atom stereocenters. The Balaban J connectivity index is 1.80. The molecule has 1 aromatic heterocycles. The summed E-state index contributed by atoms with van der Waals surface area (Å²) in [7, 11) is 0. The summed E-state index contributed by atoms with van der Waals surface area (Å²) in [5.74, 6) is 0.0326. The predicted octanol–water partition coefficient (Wildman–Crippen LogP) is 2.97. The van der Waals surface area contributed by atoms with E-state index in [-0.39, 0.29) is 24.7 Å². The highest BCUT2D eigenvalue weighted by Gasteiger charge is 2.41. The molecule has 1 aliphatic carbocycles. The number of hydrogen-bond acceptors (Lipinski definition) is 5. The molecule has 6 nitrogen and oxygen atoms in total. The fourth-order valence-corrected chi connectivity index (χ4v) is 4.32.